The average Bonchev–Trinajstić information content (AvgIpc) is 2.85. The van der Waals surface area contributed by atoms with Gasteiger partial charge in [0.05, 0.1) is 0 Å². The van der Waals surface area contributed by atoms with Crippen molar-refractivity contribution in [2.24, 2.45) is 0 Å². The van der Waals surface area contributed by atoms with Crippen molar-refractivity contribution in [3.05, 3.63) is 133 Å². The second kappa shape index (κ2) is 8.45. The minimum absolute atomic E-state index is 1.23. The predicted molar refractivity (Wildman–Crippen MR) is 133 cm³/mol. The van der Waals surface area contributed by atoms with E-state index in [0.717, 1.165) is 0 Å². The molecule has 0 fully saturated rings. The van der Waals surface area contributed by atoms with Crippen LogP contribution in [0.1, 0.15) is 5.56 Å². The molecular formula is C31H24. The monoisotopic (exact) mass is 396 g/mol. The SMILES string of the molecule is Cc1cc(-c2ccccc2)cc(-c2ccc(-c3ccccc3)cc2-c2ccccc2)c1. The molecule has 0 aliphatic rings. The van der Waals surface area contributed by atoms with Gasteiger partial charge in [-0.05, 0) is 69.1 Å². The highest BCUT2D eigenvalue weighted by molar-refractivity contribution is 5.88. The normalized spacial score (nSPS) is 10.7. The minimum Gasteiger partial charge on any atom is -0.0622 e. The highest BCUT2D eigenvalue weighted by Gasteiger charge is 2.11. The second-order valence-corrected chi connectivity index (χ2v) is 7.95. The van der Waals surface area contributed by atoms with Gasteiger partial charge in [0, 0.05) is 0 Å². The molecule has 0 aliphatic heterocycles. The van der Waals surface area contributed by atoms with E-state index in [-0.39, 0.29) is 0 Å². The zero-order valence-electron chi connectivity index (χ0n) is 17.6. The zero-order chi connectivity index (χ0) is 21.0. The number of benzene rings is 5. The van der Waals surface area contributed by atoms with E-state index in [1.807, 2.05) is 0 Å². The summed E-state index contributed by atoms with van der Waals surface area (Å²) in [6.45, 7) is 2.18. The van der Waals surface area contributed by atoms with Gasteiger partial charge in [-0.2, -0.15) is 0 Å². The van der Waals surface area contributed by atoms with Crippen LogP contribution in [-0.4, -0.2) is 0 Å². The van der Waals surface area contributed by atoms with E-state index >= 15 is 0 Å². The third-order valence-corrected chi connectivity index (χ3v) is 5.71. The zero-order valence-corrected chi connectivity index (χ0v) is 17.6. The Bertz CT molecular complexity index is 1300. The molecule has 0 bridgehead atoms. The first kappa shape index (κ1) is 19.1. The Morgan fingerprint density at radius 3 is 1.45 bits per heavy atom. The van der Waals surface area contributed by atoms with E-state index in [2.05, 4.69) is 134 Å². The van der Waals surface area contributed by atoms with Crippen molar-refractivity contribution < 1.29 is 0 Å². The second-order valence-electron chi connectivity index (χ2n) is 7.95. The van der Waals surface area contributed by atoms with Crippen LogP contribution in [0.3, 0.4) is 0 Å². The largest absolute Gasteiger partial charge is 0.0622 e. The third-order valence-electron chi connectivity index (χ3n) is 5.71. The summed E-state index contributed by atoms with van der Waals surface area (Å²) in [4.78, 5) is 0. The van der Waals surface area contributed by atoms with Gasteiger partial charge in [0.15, 0.2) is 0 Å². The Morgan fingerprint density at radius 2 is 0.839 bits per heavy atom. The van der Waals surface area contributed by atoms with E-state index in [1.165, 1.54) is 50.1 Å². The summed E-state index contributed by atoms with van der Waals surface area (Å²) in [7, 11) is 0. The summed E-state index contributed by atoms with van der Waals surface area (Å²) in [5.41, 5.74) is 11.2. The lowest BCUT2D eigenvalue weighted by Gasteiger charge is -2.15. The van der Waals surface area contributed by atoms with Gasteiger partial charge in [0.2, 0.25) is 0 Å². The molecule has 0 unspecified atom stereocenters. The summed E-state index contributed by atoms with van der Waals surface area (Å²) in [5.74, 6) is 0. The molecular weight excluding hydrogens is 372 g/mol. The molecule has 0 spiro atoms. The molecule has 0 N–H and O–H groups in total. The van der Waals surface area contributed by atoms with Crippen molar-refractivity contribution in [2.75, 3.05) is 0 Å². The van der Waals surface area contributed by atoms with Gasteiger partial charge in [-0.3, -0.25) is 0 Å². The lowest BCUT2D eigenvalue weighted by atomic mass is 9.89. The van der Waals surface area contributed by atoms with Gasteiger partial charge in [0.1, 0.15) is 0 Å². The minimum atomic E-state index is 1.23. The Morgan fingerprint density at radius 1 is 0.323 bits per heavy atom. The van der Waals surface area contributed by atoms with Crippen LogP contribution in [0, 0.1) is 6.92 Å². The molecule has 0 saturated carbocycles. The van der Waals surface area contributed by atoms with Crippen molar-refractivity contribution in [1.29, 1.82) is 0 Å². The Labute approximate surface area is 184 Å². The summed E-state index contributed by atoms with van der Waals surface area (Å²) in [6.07, 6.45) is 0. The van der Waals surface area contributed by atoms with Gasteiger partial charge in [-0.15, -0.1) is 0 Å². The molecule has 0 aromatic heterocycles. The first-order valence-corrected chi connectivity index (χ1v) is 10.7. The lowest BCUT2D eigenvalue weighted by Crippen LogP contribution is -1.90. The summed E-state index contributed by atoms with van der Waals surface area (Å²) in [6, 6.07) is 45.6. The molecule has 0 aliphatic carbocycles. The predicted octanol–water partition coefficient (Wildman–Crippen LogP) is 8.66. The highest BCUT2D eigenvalue weighted by atomic mass is 14.2. The van der Waals surface area contributed by atoms with Gasteiger partial charge < -0.3 is 0 Å². The molecule has 0 nitrogen and oxygen atoms in total. The van der Waals surface area contributed by atoms with Crippen LogP contribution in [0.5, 0.6) is 0 Å². The number of hydrogen-bond acceptors (Lipinski definition) is 0. The Balaban J connectivity index is 1.70. The average molecular weight is 397 g/mol. The molecule has 31 heavy (non-hydrogen) atoms. The van der Waals surface area contributed by atoms with Crippen LogP contribution in [0.4, 0.5) is 0 Å². The van der Waals surface area contributed by atoms with Crippen LogP contribution in [0.15, 0.2) is 127 Å². The molecule has 5 aromatic carbocycles. The van der Waals surface area contributed by atoms with Crippen LogP contribution >= 0.6 is 0 Å². The summed E-state index contributed by atoms with van der Waals surface area (Å²) in [5, 5.41) is 0. The smallest absolute Gasteiger partial charge is 0.00992 e. The standard InChI is InChI=1S/C31H24/c1-23-19-28(25-13-7-3-8-14-25)21-29(20-23)30-18-17-27(24-11-5-2-6-12-24)22-31(30)26-15-9-4-10-16-26/h2-22H,1H3. The van der Waals surface area contributed by atoms with Crippen molar-refractivity contribution in [3.8, 4) is 44.5 Å². The number of rotatable bonds is 4. The van der Waals surface area contributed by atoms with Crippen LogP contribution in [0.25, 0.3) is 44.5 Å². The maximum absolute atomic E-state index is 2.32. The van der Waals surface area contributed by atoms with Crippen LogP contribution < -0.4 is 0 Å². The van der Waals surface area contributed by atoms with Gasteiger partial charge in [-0.1, -0.05) is 115 Å². The van der Waals surface area contributed by atoms with E-state index < -0.39 is 0 Å². The van der Waals surface area contributed by atoms with Crippen LogP contribution in [0.2, 0.25) is 0 Å². The van der Waals surface area contributed by atoms with Crippen molar-refractivity contribution in [3.63, 3.8) is 0 Å². The number of hydrogen-bond donors (Lipinski definition) is 0. The van der Waals surface area contributed by atoms with Gasteiger partial charge in [0.25, 0.3) is 0 Å². The Hall–Kier alpha value is -3.90. The maximum atomic E-state index is 2.32. The first-order valence-electron chi connectivity index (χ1n) is 10.7. The van der Waals surface area contributed by atoms with E-state index in [0.29, 0.717) is 0 Å². The molecule has 5 rings (SSSR count). The molecule has 0 saturated heterocycles. The molecule has 0 heterocycles. The molecule has 148 valence electrons. The topological polar surface area (TPSA) is 0 Å². The molecule has 0 atom stereocenters. The molecule has 0 heteroatoms. The van der Waals surface area contributed by atoms with E-state index in [9.17, 15) is 0 Å². The summed E-state index contributed by atoms with van der Waals surface area (Å²) >= 11 is 0. The molecule has 5 aromatic rings. The highest BCUT2D eigenvalue weighted by Crippen LogP contribution is 2.37. The fourth-order valence-electron chi connectivity index (χ4n) is 4.20. The van der Waals surface area contributed by atoms with E-state index in [4.69, 9.17) is 0 Å². The van der Waals surface area contributed by atoms with Crippen LogP contribution in [-0.2, 0) is 0 Å². The van der Waals surface area contributed by atoms with Crippen molar-refractivity contribution in [2.45, 2.75) is 6.92 Å². The van der Waals surface area contributed by atoms with Crippen molar-refractivity contribution >= 4 is 0 Å². The summed E-state index contributed by atoms with van der Waals surface area (Å²) < 4.78 is 0. The molecule has 0 amide bonds. The quantitative estimate of drug-likeness (QED) is 0.285. The van der Waals surface area contributed by atoms with Gasteiger partial charge in [-0.25, -0.2) is 0 Å². The fourth-order valence-corrected chi connectivity index (χ4v) is 4.20. The third kappa shape index (κ3) is 4.06. The lowest BCUT2D eigenvalue weighted by molar-refractivity contribution is 1.46. The first-order chi connectivity index (χ1) is 15.3. The maximum Gasteiger partial charge on any atom is -0.00992 e. The Kier molecular flexibility index (Phi) is 5.21. The van der Waals surface area contributed by atoms with Gasteiger partial charge >= 0.3 is 0 Å². The number of aryl methyl sites for hydroxylation is 1. The van der Waals surface area contributed by atoms with E-state index in [1.54, 1.807) is 0 Å². The van der Waals surface area contributed by atoms with Crippen molar-refractivity contribution in [1.82, 2.24) is 0 Å². The molecule has 0 radical (unpaired) electrons. The fraction of sp³-hybridized carbons (Fsp3) is 0.0323.